The van der Waals surface area contributed by atoms with Gasteiger partial charge in [-0.05, 0) is 31.9 Å². The number of ether oxygens (including phenoxy) is 1. The summed E-state index contributed by atoms with van der Waals surface area (Å²) in [5, 5.41) is 0. The molecule has 1 aromatic carbocycles. The van der Waals surface area contributed by atoms with Crippen LogP contribution in [0.1, 0.15) is 25.3 Å². The largest absolute Gasteiger partial charge is 0.381 e. The smallest absolute Gasteiger partial charge is 0.243 e. The van der Waals surface area contributed by atoms with Crippen molar-refractivity contribution in [1.29, 1.82) is 0 Å². The van der Waals surface area contributed by atoms with Gasteiger partial charge in [0.1, 0.15) is 11.6 Å². The van der Waals surface area contributed by atoms with E-state index < -0.39 is 17.2 Å². The fourth-order valence-corrected chi connectivity index (χ4v) is 2.47. The molecular weight excluding hydrogens is 314 g/mol. The fraction of sp³-hybridized carbons (Fsp3) is 0.533. The molecule has 1 amide bonds. The van der Waals surface area contributed by atoms with E-state index in [1.807, 2.05) is 0 Å². The fourth-order valence-electron chi connectivity index (χ4n) is 2.47. The number of benzene rings is 1. The van der Waals surface area contributed by atoms with Gasteiger partial charge < -0.3 is 15.4 Å². The number of amides is 1. The third kappa shape index (κ3) is 3.94. The molecule has 0 aromatic heterocycles. The highest BCUT2D eigenvalue weighted by Crippen LogP contribution is 2.23. The van der Waals surface area contributed by atoms with E-state index in [0.717, 1.165) is 0 Å². The van der Waals surface area contributed by atoms with Crippen molar-refractivity contribution in [2.24, 2.45) is 5.73 Å². The Morgan fingerprint density at radius 1 is 1.32 bits per heavy atom. The third-order valence-corrected chi connectivity index (χ3v) is 3.89. The first-order chi connectivity index (χ1) is 9.98. The minimum atomic E-state index is -1.00. The molecule has 1 fully saturated rings. The molecule has 7 heteroatoms. The number of hydrogen-bond donors (Lipinski definition) is 1. The molecule has 124 valence electrons. The maximum Gasteiger partial charge on any atom is 0.243 e. The second-order valence-corrected chi connectivity index (χ2v) is 5.29. The molecule has 22 heavy (non-hydrogen) atoms. The Labute approximate surface area is 135 Å². The van der Waals surface area contributed by atoms with Crippen LogP contribution in [0.25, 0.3) is 0 Å². The van der Waals surface area contributed by atoms with Crippen LogP contribution in [0.4, 0.5) is 8.78 Å². The molecule has 0 atom stereocenters. The lowest BCUT2D eigenvalue weighted by molar-refractivity contribution is -0.141. The lowest BCUT2D eigenvalue weighted by Crippen LogP contribution is -2.57. The molecule has 0 saturated carbocycles. The highest BCUT2D eigenvalue weighted by molar-refractivity contribution is 5.86. The van der Waals surface area contributed by atoms with Crippen LogP contribution in [-0.4, -0.2) is 36.1 Å². The quantitative estimate of drug-likeness (QED) is 0.918. The van der Waals surface area contributed by atoms with Crippen LogP contribution in [0.5, 0.6) is 0 Å². The molecule has 0 aliphatic carbocycles. The van der Waals surface area contributed by atoms with Crippen LogP contribution in [0.15, 0.2) is 18.2 Å². The van der Waals surface area contributed by atoms with Crippen LogP contribution in [0.3, 0.4) is 0 Å². The summed E-state index contributed by atoms with van der Waals surface area (Å²) in [4.78, 5) is 14.0. The molecule has 4 nitrogen and oxygen atoms in total. The summed E-state index contributed by atoms with van der Waals surface area (Å²) >= 11 is 0. The molecule has 1 aliphatic heterocycles. The van der Waals surface area contributed by atoms with Crippen molar-refractivity contribution >= 4 is 18.3 Å². The van der Waals surface area contributed by atoms with E-state index in [2.05, 4.69) is 0 Å². The molecule has 0 unspecified atom stereocenters. The van der Waals surface area contributed by atoms with Crippen LogP contribution < -0.4 is 5.73 Å². The normalized spacial score (nSPS) is 16.7. The molecule has 0 spiro atoms. The van der Waals surface area contributed by atoms with Gasteiger partial charge in [-0.3, -0.25) is 4.79 Å². The van der Waals surface area contributed by atoms with Gasteiger partial charge in [0, 0.05) is 25.3 Å². The minimum absolute atomic E-state index is 0. The first kappa shape index (κ1) is 18.8. The van der Waals surface area contributed by atoms with Crippen molar-refractivity contribution in [3.63, 3.8) is 0 Å². The minimum Gasteiger partial charge on any atom is -0.381 e. The van der Waals surface area contributed by atoms with Crippen LogP contribution >= 0.6 is 12.4 Å². The van der Waals surface area contributed by atoms with E-state index in [4.69, 9.17) is 10.5 Å². The number of halogens is 3. The van der Waals surface area contributed by atoms with Gasteiger partial charge in [0.25, 0.3) is 0 Å². The summed E-state index contributed by atoms with van der Waals surface area (Å²) < 4.78 is 32.7. The van der Waals surface area contributed by atoms with Crippen LogP contribution in [0, 0.1) is 11.6 Å². The van der Waals surface area contributed by atoms with Crippen LogP contribution in [-0.2, 0) is 16.1 Å². The average Bonchev–Trinajstić information content (AvgIpc) is 2.47. The number of carbonyl (C=O) groups is 1. The van der Waals surface area contributed by atoms with Crippen molar-refractivity contribution in [3.8, 4) is 0 Å². The van der Waals surface area contributed by atoms with Gasteiger partial charge in [-0.1, -0.05) is 6.07 Å². The second-order valence-electron chi connectivity index (χ2n) is 5.29. The van der Waals surface area contributed by atoms with Crippen molar-refractivity contribution in [2.75, 3.05) is 19.8 Å². The zero-order chi connectivity index (χ0) is 15.5. The van der Waals surface area contributed by atoms with Gasteiger partial charge >= 0.3 is 0 Å². The molecular formula is C15H21ClF2N2O2. The Kier molecular flexibility index (Phi) is 6.71. The summed E-state index contributed by atoms with van der Waals surface area (Å²) in [6.45, 7) is 2.83. The highest BCUT2D eigenvalue weighted by Gasteiger charge is 2.38. The summed E-state index contributed by atoms with van der Waals surface area (Å²) in [6.07, 6.45) is 0.837. The lowest BCUT2D eigenvalue weighted by Gasteiger charge is -2.36. The summed E-state index contributed by atoms with van der Waals surface area (Å²) in [7, 11) is 0. The molecule has 2 N–H and O–H groups in total. The number of carbonyl (C=O) groups excluding carboxylic acids is 1. The Morgan fingerprint density at radius 2 is 1.86 bits per heavy atom. The van der Waals surface area contributed by atoms with Gasteiger partial charge in [0.2, 0.25) is 5.91 Å². The number of hydrogen-bond acceptors (Lipinski definition) is 3. The Hall–Kier alpha value is -1.24. The molecule has 0 bridgehead atoms. The summed E-state index contributed by atoms with van der Waals surface area (Å²) in [5.74, 6) is -1.59. The van der Waals surface area contributed by atoms with E-state index in [-0.39, 0.29) is 30.4 Å². The van der Waals surface area contributed by atoms with Gasteiger partial charge in [-0.2, -0.15) is 0 Å². The SMILES string of the molecule is CCN(Cc1c(F)cccc1F)C(=O)C1(N)CCOCC1.Cl. The second kappa shape index (κ2) is 7.85. The zero-order valence-corrected chi connectivity index (χ0v) is 13.3. The highest BCUT2D eigenvalue weighted by atomic mass is 35.5. The maximum absolute atomic E-state index is 13.7. The number of nitrogens with two attached hydrogens (primary N) is 1. The first-order valence-corrected chi connectivity index (χ1v) is 7.07. The molecule has 1 aromatic rings. The first-order valence-electron chi connectivity index (χ1n) is 7.07. The van der Waals surface area contributed by atoms with Crippen molar-refractivity contribution < 1.29 is 18.3 Å². The molecule has 1 aliphatic rings. The van der Waals surface area contributed by atoms with Crippen molar-refractivity contribution in [3.05, 3.63) is 35.4 Å². The Balaban J connectivity index is 0.00000242. The molecule has 2 rings (SSSR count). The van der Waals surface area contributed by atoms with E-state index in [9.17, 15) is 13.6 Å². The Bertz CT molecular complexity index is 502. The van der Waals surface area contributed by atoms with E-state index in [0.29, 0.717) is 32.6 Å². The maximum atomic E-state index is 13.7. The van der Waals surface area contributed by atoms with Crippen molar-refractivity contribution in [1.82, 2.24) is 4.90 Å². The summed E-state index contributed by atoms with van der Waals surface area (Å²) in [6, 6.07) is 3.67. The molecule has 1 saturated heterocycles. The van der Waals surface area contributed by atoms with Gasteiger partial charge in [-0.15, -0.1) is 12.4 Å². The van der Waals surface area contributed by atoms with Gasteiger partial charge in [0.15, 0.2) is 0 Å². The van der Waals surface area contributed by atoms with E-state index in [1.165, 1.54) is 23.1 Å². The monoisotopic (exact) mass is 334 g/mol. The van der Waals surface area contributed by atoms with Gasteiger partial charge in [0.05, 0.1) is 12.1 Å². The zero-order valence-electron chi connectivity index (χ0n) is 12.5. The number of rotatable bonds is 4. The predicted molar refractivity (Wildman–Crippen MR) is 81.7 cm³/mol. The summed E-state index contributed by atoms with van der Waals surface area (Å²) in [5.41, 5.74) is 5.04. The average molecular weight is 335 g/mol. The number of nitrogens with zero attached hydrogens (tertiary/aromatic N) is 1. The van der Waals surface area contributed by atoms with Crippen molar-refractivity contribution in [2.45, 2.75) is 31.8 Å². The lowest BCUT2D eigenvalue weighted by atomic mass is 9.89. The van der Waals surface area contributed by atoms with E-state index >= 15 is 0 Å². The third-order valence-electron chi connectivity index (χ3n) is 3.89. The number of likely N-dealkylation sites (N-methyl/N-ethyl adjacent to an activating group) is 1. The topological polar surface area (TPSA) is 55.6 Å². The molecule has 1 heterocycles. The molecule has 0 radical (unpaired) electrons. The van der Waals surface area contributed by atoms with Gasteiger partial charge in [-0.25, -0.2) is 8.78 Å². The van der Waals surface area contributed by atoms with E-state index in [1.54, 1.807) is 6.92 Å². The standard InChI is InChI=1S/C15H20F2N2O2.ClH/c1-2-19(10-11-12(16)4-3-5-13(11)17)14(20)15(18)6-8-21-9-7-15;/h3-5H,2,6-10,18H2,1H3;1H. The van der Waals surface area contributed by atoms with Crippen LogP contribution in [0.2, 0.25) is 0 Å². The Morgan fingerprint density at radius 3 is 2.36 bits per heavy atom. The predicted octanol–water partition coefficient (Wildman–Crippen LogP) is 2.24.